The number of rotatable bonds is 9. The first-order valence-electron chi connectivity index (χ1n) is 8.26. The lowest BCUT2D eigenvalue weighted by Gasteiger charge is -2.11. The Morgan fingerprint density at radius 3 is 2.56 bits per heavy atom. The molecule has 0 bridgehead atoms. The number of hydrogen-bond donors (Lipinski definition) is 1. The van der Waals surface area contributed by atoms with Crippen LogP contribution in [-0.4, -0.2) is 31.1 Å². The maximum absolute atomic E-state index is 11.9. The summed E-state index contributed by atoms with van der Waals surface area (Å²) in [6.07, 6.45) is 0. The number of nitrogens with one attached hydrogen (secondary N) is 1. The third-order valence-electron chi connectivity index (χ3n) is 3.74. The number of carbonyl (C=O) groups excluding carboxylic acids is 1. The SMILES string of the molecule is COc1cccc(CNC(=O)CSCCOc2c(C)cccc2C)c1. The van der Waals surface area contributed by atoms with Crippen LogP contribution in [0.3, 0.4) is 0 Å². The summed E-state index contributed by atoms with van der Waals surface area (Å²) in [5.74, 6) is 2.98. The van der Waals surface area contributed by atoms with E-state index in [2.05, 4.69) is 5.32 Å². The second-order valence-electron chi connectivity index (χ2n) is 5.75. The lowest BCUT2D eigenvalue weighted by molar-refractivity contribution is -0.118. The van der Waals surface area contributed by atoms with Crippen molar-refractivity contribution in [2.75, 3.05) is 25.2 Å². The molecule has 1 amide bonds. The summed E-state index contributed by atoms with van der Waals surface area (Å²) in [4.78, 5) is 11.9. The number of thioether (sulfide) groups is 1. The predicted molar refractivity (Wildman–Crippen MR) is 104 cm³/mol. The van der Waals surface area contributed by atoms with Gasteiger partial charge in [-0.15, -0.1) is 11.8 Å². The van der Waals surface area contributed by atoms with Crippen molar-refractivity contribution < 1.29 is 14.3 Å². The van der Waals surface area contributed by atoms with E-state index < -0.39 is 0 Å². The van der Waals surface area contributed by atoms with Gasteiger partial charge in [0, 0.05) is 12.3 Å². The van der Waals surface area contributed by atoms with Crippen LogP contribution in [0.25, 0.3) is 0 Å². The average molecular weight is 359 g/mol. The van der Waals surface area contributed by atoms with Crippen molar-refractivity contribution >= 4 is 17.7 Å². The van der Waals surface area contributed by atoms with E-state index >= 15 is 0 Å². The zero-order valence-corrected chi connectivity index (χ0v) is 15.8. The molecule has 0 fully saturated rings. The largest absolute Gasteiger partial charge is 0.497 e. The molecule has 5 heteroatoms. The maximum atomic E-state index is 11.9. The van der Waals surface area contributed by atoms with E-state index in [1.165, 1.54) is 0 Å². The highest BCUT2D eigenvalue weighted by atomic mass is 32.2. The van der Waals surface area contributed by atoms with E-state index in [-0.39, 0.29) is 5.91 Å². The minimum atomic E-state index is 0.0277. The van der Waals surface area contributed by atoms with Gasteiger partial charge in [-0.25, -0.2) is 0 Å². The molecule has 0 heterocycles. The number of aryl methyl sites for hydroxylation is 2. The summed E-state index contributed by atoms with van der Waals surface area (Å²) in [5.41, 5.74) is 3.30. The number of carbonyl (C=O) groups is 1. The van der Waals surface area contributed by atoms with Crippen molar-refractivity contribution in [2.45, 2.75) is 20.4 Å². The first-order chi connectivity index (χ1) is 12.1. The van der Waals surface area contributed by atoms with Crippen LogP contribution in [-0.2, 0) is 11.3 Å². The van der Waals surface area contributed by atoms with Crippen LogP contribution >= 0.6 is 11.8 Å². The average Bonchev–Trinajstić information content (AvgIpc) is 2.62. The fraction of sp³-hybridized carbons (Fsp3) is 0.350. The molecular formula is C20H25NO3S. The molecule has 134 valence electrons. The topological polar surface area (TPSA) is 47.6 Å². The highest BCUT2D eigenvalue weighted by Gasteiger charge is 2.05. The zero-order valence-electron chi connectivity index (χ0n) is 15.0. The molecule has 0 atom stereocenters. The number of para-hydroxylation sites is 1. The summed E-state index contributed by atoms with van der Waals surface area (Å²) in [6, 6.07) is 13.8. The van der Waals surface area contributed by atoms with Gasteiger partial charge in [0.2, 0.25) is 5.91 Å². The fourth-order valence-corrected chi connectivity index (χ4v) is 3.06. The van der Waals surface area contributed by atoms with Gasteiger partial charge in [-0.05, 0) is 42.7 Å². The van der Waals surface area contributed by atoms with E-state index in [0.717, 1.165) is 33.9 Å². The van der Waals surface area contributed by atoms with Crippen molar-refractivity contribution in [2.24, 2.45) is 0 Å². The van der Waals surface area contributed by atoms with Crippen LogP contribution in [0.15, 0.2) is 42.5 Å². The van der Waals surface area contributed by atoms with Gasteiger partial charge < -0.3 is 14.8 Å². The quantitative estimate of drug-likeness (QED) is 0.693. The van der Waals surface area contributed by atoms with E-state index in [0.29, 0.717) is 18.9 Å². The van der Waals surface area contributed by atoms with Gasteiger partial charge in [-0.2, -0.15) is 0 Å². The van der Waals surface area contributed by atoms with Crippen molar-refractivity contribution in [3.63, 3.8) is 0 Å². The Kier molecular flexibility index (Phi) is 7.67. The molecule has 0 saturated carbocycles. The monoisotopic (exact) mass is 359 g/mol. The van der Waals surface area contributed by atoms with Crippen LogP contribution in [0.1, 0.15) is 16.7 Å². The van der Waals surface area contributed by atoms with Gasteiger partial charge >= 0.3 is 0 Å². The van der Waals surface area contributed by atoms with Gasteiger partial charge in [-0.1, -0.05) is 30.3 Å². The number of benzene rings is 2. The zero-order chi connectivity index (χ0) is 18.1. The van der Waals surface area contributed by atoms with E-state index in [1.54, 1.807) is 18.9 Å². The summed E-state index contributed by atoms with van der Waals surface area (Å²) in [5, 5.41) is 2.92. The smallest absolute Gasteiger partial charge is 0.230 e. The molecule has 4 nitrogen and oxygen atoms in total. The van der Waals surface area contributed by atoms with Crippen LogP contribution in [0.2, 0.25) is 0 Å². The van der Waals surface area contributed by atoms with Gasteiger partial charge in [0.25, 0.3) is 0 Å². The molecule has 0 spiro atoms. The fourth-order valence-electron chi connectivity index (χ4n) is 2.43. The highest BCUT2D eigenvalue weighted by molar-refractivity contribution is 7.99. The van der Waals surface area contributed by atoms with Crippen molar-refractivity contribution in [1.82, 2.24) is 5.32 Å². The first kappa shape index (κ1) is 19.2. The molecule has 0 unspecified atom stereocenters. The molecule has 2 rings (SSSR count). The Morgan fingerprint density at radius 1 is 1.12 bits per heavy atom. The Bertz CT molecular complexity index is 683. The number of methoxy groups -OCH3 is 1. The molecule has 0 radical (unpaired) electrons. The minimum absolute atomic E-state index is 0.0277. The second kappa shape index (κ2) is 9.99. The molecule has 2 aromatic rings. The summed E-state index contributed by atoms with van der Waals surface area (Å²) in [6.45, 7) is 5.19. The third-order valence-corrected chi connectivity index (χ3v) is 4.66. The number of ether oxygens (including phenoxy) is 2. The Labute approximate surface area is 153 Å². The molecule has 1 N–H and O–H groups in total. The number of amides is 1. The normalized spacial score (nSPS) is 10.4. The second-order valence-corrected chi connectivity index (χ2v) is 6.86. The Hall–Kier alpha value is -2.14. The van der Waals surface area contributed by atoms with E-state index in [1.807, 2.05) is 56.3 Å². The summed E-state index contributed by atoms with van der Waals surface area (Å²) >= 11 is 1.57. The maximum Gasteiger partial charge on any atom is 0.230 e. The van der Waals surface area contributed by atoms with Gasteiger partial charge in [0.1, 0.15) is 11.5 Å². The van der Waals surface area contributed by atoms with Crippen molar-refractivity contribution in [1.29, 1.82) is 0 Å². The van der Waals surface area contributed by atoms with Gasteiger partial charge in [-0.3, -0.25) is 4.79 Å². The lowest BCUT2D eigenvalue weighted by Crippen LogP contribution is -2.25. The molecular weight excluding hydrogens is 334 g/mol. The van der Waals surface area contributed by atoms with Gasteiger partial charge in [0.15, 0.2) is 0 Å². The molecule has 0 saturated heterocycles. The summed E-state index contributed by atoms with van der Waals surface area (Å²) < 4.78 is 11.0. The molecule has 0 aliphatic carbocycles. The Balaban J connectivity index is 1.64. The van der Waals surface area contributed by atoms with Crippen LogP contribution in [0, 0.1) is 13.8 Å². The molecule has 2 aromatic carbocycles. The Morgan fingerprint density at radius 2 is 1.84 bits per heavy atom. The first-order valence-corrected chi connectivity index (χ1v) is 9.42. The standard InChI is InChI=1S/C20H25NO3S/c1-15-6-4-7-16(2)20(15)24-10-11-25-14-19(22)21-13-17-8-5-9-18(12-17)23-3/h4-9,12H,10-11,13-14H2,1-3H3,(H,21,22). The predicted octanol–water partition coefficient (Wildman–Crippen LogP) is 3.74. The molecule has 0 aliphatic heterocycles. The van der Waals surface area contributed by atoms with Crippen molar-refractivity contribution in [3.05, 3.63) is 59.2 Å². The molecule has 25 heavy (non-hydrogen) atoms. The number of hydrogen-bond acceptors (Lipinski definition) is 4. The van der Waals surface area contributed by atoms with Crippen LogP contribution in [0.5, 0.6) is 11.5 Å². The minimum Gasteiger partial charge on any atom is -0.497 e. The van der Waals surface area contributed by atoms with Crippen molar-refractivity contribution in [3.8, 4) is 11.5 Å². The highest BCUT2D eigenvalue weighted by Crippen LogP contribution is 2.22. The van der Waals surface area contributed by atoms with Crippen LogP contribution in [0.4, 0.5) is 0 Å². The summed E-state index contributed by atoms with van der Waals surface area (Å²) in [7, 11) is 1.63. The third kappa shape index (κ3) is 6.35. The van der Waals surface area contributed by atoms with E-state index in [9.17, 15) is 4.79 Å². The molecule has 0 aromatic heterocycles. The van der Waals surface area contributed by atoms with Crippen LogP contribution < -0.4 is 14.8 Å². The lowest BCUT2D eigenvalue weighted by atomic mass is 10.1. The van der Waals surface area contributed by atoms with Gasteiger partial charge in [0.05, 0.1) is 19.5 Å². The van der Waals surface area contributed by atoms with E-state index in [4.69, 9.17) is 9.47 Å². The molecule has 0 aliphatic rings.